The van der Waals surface area contributed by atoms with Crippen LogP contribution in [0.5, 0.6) is 0 Å². The van der Waals surface area contributed by atoms with Crippen molar-refractivity contribution in [3.8, 4) is 12.1 Å². The third-order valence-corrected chi connectivity index (χ3v) is 1.44. The van der Waals surface area contributed by atoms with Crippen LogP contribution < -0.4 is 11.5 Å². The highest BCUT2D eigenvalue weighted by molar-refractivity contribution is 6.39. The first-order valence-electron chi connectivity index (χ1n) is 3.07. The van der Waals surface area contributed by atoms with E-state index < -0.39 is 23.3 Å². The Morgan fingerprint density at radius 1 is 1.62 bits per heavy atom. The van der Waals surface area contributed by atoms with Crippen LogP contribution in [0.2, 0.25) is 0 Å². The Labute approximate surface area is 73.7 Å². The fourth-order valence-electron chi connectivity index (χ4n) is 0.560. The van der Waals surface area contributed by atoms with Gasteiger partial charge in [0, 0.05) is 0 Å². The fraction of sp³-hybridized carbons (Fsp3) is 0.333. The van der Waals surface area contributed by atoms with Gasteiger partial charge in [0.25, 0.3) is 0 Å². The zero-order chi connectivity index (χ0) is 10.6. The number of rotatable bonds is 3. The van der Waals surface area contributed by atoms with Crippen molar-refractivity contribution >= 4 is 11.7 Å². The van der Waals surface area contributed by atoms with Crippen LogP contribution in [0, 0.1) is 28.1 Å². The van der Waals surface area contributed by atoms with Gasteiger partial charge < -0.3 is 16.6 Å². The number of hydrogen-bond donors (Lipinski definition) is 4. The van der Waals surface area contributed by atoms with E-state index in [0.717, 1.165) is 0 Å². The summed E-state index contributed by atoms with van der Waals surface area (Å²) in [5, 5.41) is 32.2. The Bertz CT molecular complexity index is 325. The third kappa shape index (κ3) is 1.79. The first-order valence-corrected chi connectivity index (χ1v) is 3.07. The summed E-state index contributed by atoms with van der Waals surface area (Å²) >= 11 is 0. The molecule has 13 heavy (non-hydrogen) atoms. The molecule has 0 aliphatic carbocycles. The van der Waals surface area contributed by atoms with Gasteiger partial charge in [-0.15, -0.1) is 0 Å². The maximum absolute atomic E-state index is 10.3. The van der Waals surface area contributed by atoms with Crippen molar-refractivity contribution < 1.29 is 9.90 Å². The largest absolute Gasteiger partial charge is 0.477 e. The average Bonchev–Trinajstić information content (AvgIpc) is 2.13. The Hall–Kier alpha value is -1.96. The van der Waals surface area contributed by atoms with Crippen molar-refractivity contribution in [3.63, 3.8) is 0 Å². The molecule has 0 aliphatic heterocycles. The molecular formula is C6H7N5O2. The summed E-state index contributed by atoms with van der Waals surface area (Å²) in [6.07, 6.45) is 0. The second kappa shape index (κ2) is 3.63. The van der Waals surface area contributed by atoms with Gasteiger partial charge >= 0.3 is 5.97 Å². The van der Waals surface area contributed by atoms with E-state index in [2.05, 4.69) is 0 Å². The summed E-state index contributed by atoms with van der Waals surface area (Å²) in [5.74, 6) is -1.67. The smallest absolute Gasteiger partial charge is 0.352 e. The van der Waals surface area contributed by atoms with Gasteiger partial charge in [-0.05, 0) is 0 Å². The summed E-state index contributed by atoms with van der Waals surface area (Å²) in [4.78, 5) is 10.3. The highest BCUT2D eigenvalue weighted by atomic mass is 16.4. The number of carbonyl (C=O) groups is 1. The lowest BCUT2D eigenvalue weighted by atomic mass is 9.89. The van der Waals surface area contributed by atoms with Crippen molar-refractivity contribution in [3.05, 3.63) is 0 Å². The molecule has 0 amide bonds. The van der Waals surface area contributed by atoms with Gasteiger partial charge in [0.1, 0.15) is 6.04 Å². The predicted octanol–water partition coefficient (Wildman–Crippen LogP) is -1.84. The molecule has 0 aromatic rings. The lowest BCUT2D eigenvalue weighted by molar-refractivity contribution is -0.129. The van der Waals surface area contributed by atoms with Crippen molar-refractivity contribution in [2.45, 2.75) is 11.6 Å². The predicted molar refractivity (Wildman–Crippen MR) is 41.5 cm³/mol. The lowest BCUT2D eigenvalue weighted by Gasteiger charge is -2.21. The van der Waals surface area contributed by atoms with Crippen LogP contribution in [0.1, 0.15) is 0 Å². The highest BCUT2D eigenvalue weighted by Crippen LogP contribution is 2.05. The molecule has 7 nitrogen and oxygen atoms in total. The van der Waals surface area contributed by atoms with Gasteiger partial charge in [-0.2, -0.15) is 10.5 Å². The minimum atomic E-state index is -2.26. The summed E-state index contributed by atoms with van der Waals surface area (Å²) < 4.78 is 0. The molecule has 7 heteroatoms. The Balaban J connectivity index is 5.12. The summed E-state index contributed by atoms with van der Waals surface area (Å²) in [5.41, 5.74) is 6.91. The second-order valence-electron chi connectivity index (χ2n) is 2.27. The van der Waals surface area contributed by atoms with Crippen LogP contribution in [-0.2, 0) is 4.79 Å². The first kappa shape index (κ1) is 11.0. The number of carboxylic acids is 1. The molecule has 0 heterocycles. The number of nitrogens with two attached hydrogens (primary N) is 2. The standard InChI is InChI=1S/C6H7N5O2/c7-1-3(9)6(11,2-8)4(10)5(12)13/h3,10H,9,11H2,(H,12,13). The van der Waals surface area contributed by atoms with Crippen LogP contribution in [0.4, 0.5) is 0 Å². The highest BCUT2D eigenvalue weighted by Gasteiger charge is 2.41. The van der Waals surface area contributed by atoms with Gasteiger partial charge in [-0.3, -0.25) is 5.41 Å². The summed E-state index contributed by atoms with van der Waals surface area (Å²) in [6, 6.07) is 1.21. The molecule has 2 unspecified atom stereocenters. The average molecular weight is 181 g/mol. The van der Waals surface area contributed by atoms with E-state index in [0.29, 0.717) is 0 Å². The minimum Gasteiger partial charge on any atom is -0.477 e. The van der Waals surface area contributed by atoms with Gasteiger partial charge in [0.2, 0.25) is 0 Å². The number of aliphatic carboxylic acids is 1. The maximum atomic E-state index is 10.3. The Kier molecular flexibility index (Phi) is 3.08. The fourth-order valence-corrected chi connectivity index (χ4v) is 0.560. The molecule has 0 rings (SSSR count). The van der Waals surface area contributed by atoms with E-state index in [-0.39, 0.29) is 0 Å². The molecule has 0 aromatic heterocycles. The number of hydrogen-bond acceptors (Lipinski definition) is 6. The van der Waals surface area contributed by atoms with Crippen molar-refractivity contribution in [1.82, 2.24) is 0 Å². The van der Waals surface area contributed by atoms with E-state index in [9.17, 15) is 4.79 Å². The summed E-state index contributed by atoms with van der Waals surface area (Å²) in [6.45, 7) is 0. The monoisotopic (exact) mass is 181 g/mol. The second-order valence-corrected chi connectivity index (χ2v) is 2.27. The lowest BCUT2D eigenvalue weighted by Crippen LogP contribution is -2.61. The van der Waals surface area contributed by atoms with Crippen molar-refractivity contribution in [1.29, 1.82) is 15.9 Å². The molecule has 6 N–H and O–H groups in total. The van der Waals surface area contributed by atoms with Crippen molar-refractivity contribution in [2.75, 3.05) is 0 Å². The molecule has 68 valence electrons. The van der Waals surface area contributed by atoms with Crippen LogP contribution in [0.15, 0.2) is 0 Å². The zero-order valence-electron chi connectivity index (χ0n) is 6.48. The van der Waals surface area contributed by atoms with Crippen LogP contribution in [0.25, 0.3) is 0 Å². The quantitative estimate of drug-likeness (QED) is 0.374. The third-order valence-electron chi connectivity index (χ3n) is 1.44. The molecule has 0 spiro atoms. The SMILES string of the molecule is N#CC(N)C(N)(C#N)C(=N)C(=O)O. The Morgan fingerprint density at radius 2 is 2.08 bits per heavy atom. The normalized spacial score (nSPS) is 16.0. The van der Waals surface area contributed by atoms with E-state index in [4.69, 9.17) is 32.5 Å². The van der Waals surface area contributed by atoms with E-state index in [1.54, 1.807) is 0 Å². The molecule has 0 fully saturated rings. The molecule has 0 saturated heterocycles. The molecule has 0 aliphatic rings. The van der Waals surface area contributed by atoms with E-state index in [1.165, 1.54) is 12.1 Å². The number of nitrogens with one attached hydrogen (secondary N) is 1. The van der Waals surface area contributed by atoms with Gasteiger partial charge in [0.15, 0.2) is 11.3 Å². The number of nitrogens with zero attached hydrogens (tertiary/aromatic N) is 2. The van der Waals surface area contributed by atoms with Crippen LogP contribution in [-0.4, -0.2) is 28.4 Å². The van der Waals surface area contributed by atoms with Gasteiger partial charge in [-0.25, -0.2) is 4.79 Å². The minimum absolute atomic E-state index is 1.09. The van der Waals surface area contributed by atoms with Crippen molar-refractivity contribution in [2.24, 2.45) is 11.5 Å². The number of carboxylic acid groups (broad SMARTS) is 1. The molecular weight excluding hydrogens is 174 g/mol. The topological polar surface area (TPSA) is 161 Å². The van der Waals surface area contributed by atoms with E-state index in [1.807, 2.05) is 0 Å². The Morgan fingerprint density at radius 3 is 2.31 bits per heavy atom. The molecule has 0 aromatic carbocycles. The molecule has 0 saturated carbocycles. The van der Waals surface area contributed by atoms with Gasteiger partial charge in [0.05, 0.1) is 12.1 Å². The molecule has 0 bridgehead atoms. The van der Waals surface area contributed by atoms with Crippen LogP contribution >= 0.6 is 0 Å². The van der Waals surface area contributed by atoms with Crippen LogP contribution in [0.3, 0.4) is 0 Å². The number of nitriles is 2. The first-order chi connectivity index (χ1) is 5.90. The van der Waals surface area contributed by atoms with Gasteiger partial charge in [-0.1, -0.05) is 0 Å². The molecule has 0 radical (unpaired) electrons. The zero-order valence-corrected chi connectivity index (χ0v) is 6.48. The maximum Gasteiger partial charge on any atom is 0.352 e. The van der Waals surface area contributed by atoms with E-state index >= 15 is 0 Å². The summed E-state index contributed by atoms with van der Waals surface area (Å²) in [7, 11) is 0. The molecule has 2 atom stereocenters.